The van der Waals surface area contributed by atoms with Crippen molar-refractivity contribution in [1.82, 2.24) is 15.0 Å². The number of hydrogen-bond donors (Lipinski definition) is 0. The van der Waals surface area contributed by atoms with Crippen LogP contribution in [0.5, 0.6) is 0 Å². The fraction of sp³-hybridized carbons (Fsp3) is 0.312. The quantitative estimate of drug-likeness (QED) is 0.862. The van der Waals surface area contributed by atoms with E-state index in [2.05, 4.69) is 5.16 Å². The summed E-state index contributed by atoms with van der Waals surface area (Å²) >= 11 is 0. The van der Waals surface area contributed by atoms with E-state index in [1.54, 1.807) is 24.0 Å². The molecule has 6 nitrogen and oxygen atoms in total. The van der Waals surface area contributed by atoms with Crippen LogP contribution in [0.1, 0.15) is 21.7 Å². The van der Waals surface area contributed by atoms with Crippen LogP contribution in [0, 0.1) is 12.7 Å². The average molecular weight is 317 g/mol. The lowest BCUT2D eigenvalue weighted by Crippen LogP contribution is -2.51. The van der Waals surface area contributed by atoms with Crippen LogP contribution in [-0.4, -0.2) is 46.4 Å². The highest BCUT2D eigenvalue weighted by Crippen LogP contribution is 2.15. The minimum absolute atomic E-state index is 0.0185. The molecular formula is C16H16FN3O3. The number of halogens is 1. The number of carbonyl (C=O) groups is 2. The molecule has 23 heavy (non-hydrogen) atoms. The minimum atomic E-state index is -0.306. The summed E-state index contributed by atoms with van der Waals surface area (Å²) < 4.78 is 17.8. The first-order valence-electron chi connectivity index (χ1n) is 7.27. The van der Waals surface area contributed by atoms with E-state index in [1.165, 1.54) is 23.2 Å². The summed E-state index contributed by atoms with van der Waals surface area (Å²) in [5.74, 6) is -0.252. The highest BCUT2D eigenvalue weighted by Gasteiger charge is 2.29. The van der Waals surface area contributed by atoms with E-state index in [-0.39, 0.29) is 24.2 Å². The van der Waals surface area contributed by atoms with Crippen molar-refractivity contribution >= 4 is 11.8 Å². The summed E-state index contributed by atoms with van der Waals surface area (Å²) in [5.41, 5.74) is 1.24. The van der Waals surface area contributed by atoms with Crippen molar-refractivity contribution in [1.29, 1.82) is 0 Å². The first kappa shape index (κ1) is 15.2. The Hall–Kier alpha value is -2.70. The second-order valence-electron chi connectivity index (χ2n) is 5.46. The van der Waals surface area contributed by atoms with Crippen molar-refractivity contribution in [2.24, 2.45) is 0 Å². The molecule has 1 saturated heterocycles. The van der Waals surface area contributed by atoms with Crippen molar-refractivity contribution in [3.05, 3.63) is 53.2 Å². The summed E-state index contributed by atoms with van der Waals surface area (Å²) in [6, 6.07) is 6.05. The highest BCUT2D eigenvalue weighted by atomic mass is 19.1. The van der Waals surface area contributed by atoms with E-state index < -0.39 is 0 Å². The Morgan fingerprint density at radius 2 is 2.04 bits per heavy atom. The second kappa shape index (κ2) is 6.20. The van der Waals surface area contributed by atoms with Crippen LogP contribution in [0.2, 0.25) is 0 Å². The maximum atomic E-state index is 12.9. The molecule has 1 aromatic heterocycles. The Kier molecular flexibility index (Phi) is 4.10. The van der Waals surface area contributed by atoms with Gasteiger partial charge in [0.2, 0.25) is 5.91 Å². The van der Waals surface area contributed by atoms with E-state index in [1.807, 2.05) is 0 Å². The number of piperazine rings is 1. The maximum absolute atomic E-state index is 12.9. The van der Waals surface area contributed by atoms with Crippen molar-refractivity contribution in [2.75, 3.05) is 19.6 Å². The van der Waals surface area contributed by atoms with Gasteiger partial charge in [0, 0.05) is 19.6 Å². The normalized spacial score (nSPS) is 15.1. The van der Waals surface area contributed by atoms with Gasteiger partial charge in [0.15, 0.2) is 0 Å². The van der Waals surface area contributed by atoms with Crippen LogP contribution < -0.4 is 0 Å². The first-order chi connectivity index (χ1) is 11.0. The molecule has 0 unspecified atom stereocenters. The van der Waals surface area contributed by atoms with Crippen LogP contribution >= 0.6 is 0 Å². The third kappa shape index (κ3) is 3.23. The molecule has 1 fully saturated rings. The summed E-state index contributed by atoms with van der Waals surface area (Å²) in [6.07, 6.45) is 1.37. The third-order valence-corrected chi connectivity index (χ3v) is 3.87. The number of aryl methyl sites for hydroxylation is 1. The van der Waals surface area contributed by atoms with Gasteiger partial charge in [-0.3, -0.25) is 9.59 Å². The lowest BCUT2D eigenvalue weighted by molar-refractivity contribution is -0.135. The van der Waals surface area contributed by atoms with E-state index in [9.17, 15) is 14.0 Å². The molecule has 2 heterocycles. The Labute approximate surface area is 132 Å². The smallest absolute Gasteiger partial charge is 0.259 e. The second-order valence-corrected chi connectivity index (χ2v) is 5.46. The summed E-state index contributed by atoms with van der Waals surface area (Å²) in [5, 5.41) is 3.59. The van der Waals surface area contributed by atoms with Gasteiger partial charge >= 0.3 is 0 Å². The predicted molar refractivity (Wildman–Crippen MR) is 79.0 cm³/mol. The highest BCUT2D eigenvalue weighted by molar-refractivity contribution is 5.97. The number of benzene rings is 1. The van der Waals surface area contributed by atoms with Gasteiger partial charge in [-0.1, -0.05) is 17.3 Å². The molecule has 0 saturated carbocycles. The number of carbonyl (C=O) groups excluding carboxylic acids is 2. The van der Waals surface area contributed by atoms with Crippen LogP contribution in [0.4, 0.5) is 4.39 Å². The van der Waals surface area contributed by atoms with Gasteiger partial charge in [0.1, 0.15) is 23.7 Å². The molecule has 120 valence electrons. The molecule has 0 atom stereocenters. The molecule has 0 N–H and O–H groups in total. The zero-order chi connectivity index (χ0) is 16.4. The van der Waals surface area contributed by atoms with Gasteiger partial charge in [-0.15, -0.1) is 0 Å². The molecule has 0 bridgehead atoms. The summed E-state index contributed by atoms with van der Waals surface area (Å²) in [4.78, 5) is 27.8. The first-order valence-corrected chi connectivity index (χ1v) is 7.27. The molecule has 0 spiro atoms. The Morgan fingerprint density at radius 1 is 1.30 bits per heavy atom. The van der Waals surface area contributed by atoms with E-state index in [0.717, 1.165) is 5.56 Å². The van der Waals surface area contributed by atoms with Gasteiger partial charge in [0.25, 0.3) is 5.91 Å². The van der Waals surface area contributed by atoms with Crippen LogP contribution in [0.15, 0.2) is 35.0 Å². The molecule has 2 aromatic rings. The molecule has 7 heteroatoms. The molecule has 2 amide bonds. The number of aromatic nitrogens is 1. The largest absolute Gasteiger partial charge is 0.361 e. The minimum Gasteiger partial charge on any atom is -0.361 e. The molecule has 0 aliphatic carbocycles. The topological polar surface area (TPSA) is 66.7 Å². The number of amides is 2. The number of hydrogen-bond acceptors (Lipinski definition) is 4. The monoisotopic (exact) mass is 317 g/mol. The molecule has 1 aliphatic rings. The maximum Gasteiger partial charge on any atom is 0.259 e. The summed E-state index contributed by atoms with van der Waals surface area (Å²) in [7, 11) is 0. The zero-order valence-corrected chi connectivity index (χ0v) is 12.7. The molecule has 3 rings (SSSR count). The van der Waals surface area contributed by atoms with Gasteiger partial charge in [-0.05, 0) is 24.6 Å². The van der Waals surface area contributed by atoms with E-state index in [0.29, 0.717) is 31.0 Å². The van der Waals surface area contributed by atoms with Crippen molar-refractivity contribution in [3.8, 4) is 0 Å². The lowest BCUT2D eigenvalue weighted by Gasteiger charge is -2.34. The summed E-state index contributed by atoms with van der Waals surface area (Å²) in [6.45, 7) is 2.97. The third-order valence-electron chi connectivity index (χ3n) is 3.87. The van der Waals surface area contributed by atoms with Gasteiger partial charge in [-0.2, -0.15) is 0 Å². The Balaban J connectivity index is 1.63. The molecule has 0 radical (unpaired) electrons. The average Bonchev–Trinajstić information content (AvgIpc) is 2.97. The molecular weight excluding hydrogens is 301 g/mol. The Morgan fingerprint density at radius 3 is 2.65 bits per heavy atom. The van der Waals surface area contributed by atoms with E-state index in [4.69, 9.17) is 4.52 Å². The number of nitrogens with zero attached hydrogens (tertiary/aromatic N) is 3. The lowest BCUT2D eigenvalue weighted by atomic mass is 10.1. The zero-order valence-electron chi connectivity index (χ0n) is 12.7. The van der Waals surface area contributed by atoms with Gasteiger partial charge in [-0.25, -0.2) is 4.39 Å². The number of rotatable bonds is 3. The van der Waals surface area contributed by atoms with Crippen LogP contribution in [0.25, 0.3) is 0 Å². The van der Waals surface area contributed by atoms with Crippen molar-refractivity contribution in [3.63, 3.8) is 0 Å². The predicted octanol–water partition coefficient (Wildman–Crippen LogP) is 1.61. The fourth-order valence-corrected chi connectivity index (χ4v) is 2.53. The van der Waals surface area contributed by atoms with Gasteiger partial charge in [0.05, 0.1) is 6.20 Å². The van der Waals surface area contributed by atoms with Gasteiger partial charge < -0.3 is 14.3 Å². The fourth-order valence-electron chi connectivity index (χ4n) is 2.53. The van der Waals surface area contributed by atoms with Crippen LogP contribution in [0.3, 0.4) is 0 Å². The molecule has 1 aromatic carbocycles. The Bertz CT molecular complexity index is 726. The van der Waals surface area contributed by atoms with E-state index >= 15 is 0 Å². The van der Waals surface area contributed by atoms with Crippen molar-refractivity contribution in [2.45, 2.75) is 13.5 Å². The SMILES string of the molecule is Cc1oncc1C(=O)N1CCN(Cc2ccc(F)cc2)C(=O)C1. The molecule has 1 aliphatic heterocycles. The van der Waals surface area contributed by atoms with Crippen LogP contribution in [-0.2, 0) is 11.3 Å². The van der Waals surface area contributed by atoms with Crippen molar-refractivity contribution < 1.29 is 18.5 Å². The standard InChI is InChI=1S/C16H16FN3O3/c1-11-14(8-18-23-11)16(22)20-7-6-19(15(21)10-20)9-12-2-4-13(17)5-3-12/h2-5,8H,6-7,9-10H2,1H3.